The molecule has 2 aliphatic heterocycles. The Morgan fingerprint density at radius 1 is 1.15 bits per heavy atom. The van der Waals surface area contributed by atoms with E-state index in [9.17, 15) is 24.8 Å². The van der Waals surface area contributed by atoms with E-state index in [0.717, 1.165) is 17.2 Å². The Balaban J connectivity index is 1.21. The van der Waals surface area contributed by atoms with Crippen molar-refractivity contribution in [2.75, 3.05) is 11.5 Å². The first-order valence-corrected chi connectivity index (χ1v) is 17.9. The fourth-order valence-corrected chi connectivity index (χ4v) is 8.11. The zero-order valence-electron chi connectivity index (χ0n) is 22.5. The van der Waals surface area contributed by atoms with E-state index in [1.807, 2.05) is 5.92 Å². The second-order valence-corrected chi connectivity index (χ2v) is 14.8. The van der Waals surface area contributed by atoms with Crippen LogP contribution < -0.4 is 17.0 Å². The lowest BCUT2D eigenvalue weighted by molar-refractivity contribution is -0.187. The fourth-order valence-electron chi connectivity index (χ4n) is 5.52. The van der Waals surface area contributed by atoms with E-state index < -0.39 is 73.9 Å². The molecule has 11 atom stereocenters. The number of hydrogen-bond donors (Lipinski definition) is 7. The SMILES string of the molecule is C#C[C@]1(OP(O)(=S)O[C@H]2[C@H](n3cnc4c(=O)[nH]c(N)nc43)O[C@@H]3C(O[PH](O)=S)[C@]32F)O[C@@H](n2cnc3c(N)ncnc32)[C@H](O)[C@@H]1O. The van der Waals surface area contributed by atoms with E-state index in [4.69, 9.17) is 64.5 Å². The summed E-state index contributed by atoms with van der Waals surface area (Å²) >= 11 is 9.90. The molecule has 3 aliphatic rings. The number of halogens is 1. The molecule has 4 aromatic heterocycles. The number of nitrogens with two attached hydrogens (primary N) is 2. The molecule has 0 aromatic carbocycles. The van der Waals surface area contributed by atoms with E-state index in [0.29, 0.717) is 0 Å². The summed E-state index contributed by atoms with van der Waals surface area (Å²) in [5.74, 6) is -0.895. The maximum atomic E-state index is 16.5. The molecule has 1 saturated carbocycles. The number of alkyl halides is 1. The van der Waals surface area contributed by atoms with Crippen molar-refractivity contribution >= 4 is 71.6 Å². The van der Waals surface area contributed by atoms with Crippen LogP contribution in [0.3, 0.4) is 0 Å². The van der Waals surface area contributed by atoms with Crippen LogP contribution in [0.5, 0.6) is 0 Å². The highest BCUT2D eigenvalue weighted by Crippen LogP contribution is 2.65. The lowest BCUT2D eigenvalue weighted by Gasteiger charge is -2.33. The van der Waals surface area contributed by atoms with Crippen molar-refractivity contribution in [3.63, 3.8) is 0 Å². The quantitative estimate of drug-likeness (QED) is 0.0753. The Labute approximate surface area is 265 Å². The predicted octanol–water partition coefficient (Wildman–Crippen LogP) is -2.17. The maximum absolute atomic E-state index is 16.5. The van der Waals surface area contributed by atoms with Gasteiger partial charge in [-0.2, -0.15) is 4.98 Å². The number of H-pyrrole nitrogens is 1. The fraction of sp³-hybridized carbons (Fsp3) is 0.429. The van der Waals surface area contributed by atoms with Crippen LogP contribution in [0.2, 0.25) is 0 Å². The van der Waals surface area contributed by atoms with Gasteiger partial charge in [-0.25, -0.2) is 24.3 Å². The van der Waals surface area contributed by atoms with Crippen LogP contribution in [-0.2, 0) is 46.7 Å². The first-order chi connectivity index (χ1) is 21.7. The van der Waals surface area contributed by atoms with Gasteiger partial charge in [-0.05, 0) is 29.5 Å². The number of fused-ring (bicyclic) bond motifs is 3. The highest BCUT2D eigenvalue weighted by Gasteiger charge is 2.82. The lowest BCUT2D eigenvalue weighted by atomic mass is 10.1. The lowest BCUT2D eigenvalue weighted by Crippen LogP contribution is -2.44. The molecule has 0 bridgehead atoms. The van der Waals surface area contributed by atoms with Gasteiger partial charge >= 0.3 is 6.72 Å². The number of aliphatic hydroxyl groups excluding tert-OH is 2. The molecule has 0 amide bonds. The van der Waals surface area contributed by atoms with E-state index in [-0.39, 0.29) is 34.1 Å². The number of hydrogen-bond acceptors (Lipinski definition) is 17. The van der Waals surface area contributed by atoms with Crippen LogP contribution in [0.15, 0.2) is 23.8 Å². The molecule has 25 heteroatoms. The first-order valence-electron chi connectivity index (χ1n) is 12.8. The summed E-state index contributed by atoms with van der Waals surface area (Å²) in [7, 11) is -2.85. The van der Waals surface area contributed by atoms with Crippen molar-refractivity contribution < 1.29 is 47.4 Å². The average molecular weight is 719 g/mol. The number of ether oxygens (including phenoxy) is 2. The molecule has 3 fully saturated rings. The molecule has 1 aliphatic carbocycles. The summed E-state index contributed by atoms with van der Waals surface area (Å²) in [5, 5.41) is 21.9. The number of aromatic amines is 1. The average Bonchev–Trinajstić information content (AvgIpc) is 3.48. The number of nitrogens with zero attached hydrogens (tertiary/aromatic N) is 7. The zero-order chi connectivity index (χ0) is 32.9. The van der Waals surface area contributed by atoms with Crippen molar-refractivity contribution in [3.05, 3.63) is 29.3 Å². The highest BCUT2D eigenvalue weighted by atomic mass is 32.5. The van der Waals surface area contributed by atoms with Crippen LogP contribution in [0.1, 0.15) is 12.5 Å². The standard InChI is InChI=1S/C21H21FN10O10P2S2/c1-2-20(9(34)8(33)17(39-20)31-4-27-6-13(23)25-3-26-14(6)31)42-44(37,46)41-12-18(38-10-11(21(10,12)22)40-43(36)45)32-5-28-7-15(32)29-19(24)30-16(7)35/h1,3-5,8-12,17-18,33-34,43H,(H,36,45)(H,37,46)(H2,23,25,26)(H3,24,29,30,35)/t8-,9+,10-,11?,12+,17-,18-,20-,21-,44?/m1/s1. The second kappa shape index (κ2) is 10.7. The second-order valence-electron chi connectivity index (χ2n) is 10.3. The highest BCUT2D eigenvalue weighted by molar-refractivity contribution is 8.07. The molecule has 6 heterocycles. The number of nitrogen functional groups attached to an aromatic ring is 2. The summed E-state index contributed by atoms with van der Waals surface area (Å²) in [5.41, 5.74) is 8.14. The third kappa shape index (κ3) is 4.69. The van der Waals surface area contributed by atoms with Gasteiger partial charge in [-0.3, -0.25) is 28.0 Å². The molecule has 9 N–H and O–H groups in total. The Morgan fingerprint density at radius 2 is 1.85 bits per heavy atom. The van der Waals surface area contributed by atoms with Gasteiger partial charge in [0.05, 0.1) is 12.7 Å². The van der Waals surface area contributed by atoms with Crippen LogP contribution in [-0.4, -0.2) is 101 Å². The van der Waals surface area contributed by atoms with Gasteiger partial charge in [-0.15, -0.1) is 6.42 Å². The van der Waals surface area contributed by atoms with Gasteiger partial charge in [0, 0.05) is 0 Å². The van der Waals surface area contributed by atoms with Crippen LogP contribution in [0.25, 0.3) is 22.3 Å². The molecular weight excluding hydrogens is 697 g/mol. The number of anilines is 2. The molecular formula is C21H21FN10O10P2S2. The number of imidazole rings is 2. The topological polar surface area (TPSA) is 286 Å². The largest absolute Gasteiger partial charge is 0.385 e. The summed E-state index contributed by atoms with van der Waals surface area (Å²) in [6.07, 6.45) is -2.58. The summed E-state index contributed by atoms with van der Waals surface area (Å²) < 4.78 is 46.7. The predicted molar refractivity (Wildman–Crippen MR) is 159 cm³/mol. The van der Waals surface area contributed by atoms with Crippen molar-refractivity contribution in [1.29, 1.82) is 0 Å². The van der Waals surface area contributed by atoms with Gasteiger partial charge in [0.25, 0.3) is 11.3 Å². The number of rotatable bonds is 8. The molecule has 7 rings (SSSR count). The summed E-state index contributed by atoms with van der Waals surface area (Å²) in [6.45, 7) is -4.81. The minimum Gasteiger partial charge on any atom is -0.385 e. The smallest absolute Gasteiger partial charge is 0.328 e. The third-order valence-corrected chi connectivity index (χ3v) is 9.85. The minimum atomic E-state index is -4.81. The van der Waals surface area contributed by atoms with E-state index in [2.05, 4.69) is 29.9 Å². The first kappa shape index (κ1) is 31.5. The van der Waals surface area contributed by atoms with Crippen molar-refractivity contribution in [1.82, 2.24) is 39.0 Å². The van der Waals surface area contributed by atoms with E-state index in [1.54, 1.807) is 0 Å². The Hall–Kier alpha value is -3.07. The molecule has 3 unspecified atom stereocenters. The number of aromatic nitrogens is 8. The van der Waals surface area contributed by atoms with Crippen molar-refractivity contribution in [2.45, 2.75) is 54.4 Å². The van der Waals surface area contributed by atoms with Crippen LogP contribution in [0, 0.1) is 12.3 Å². The van der Waals surface area contributed by atoms with Crippen molar-refractivity contribution in [3.8, 4) is 12.3 Å². The van der Waals surface area contributed by atoms with E-state index in [1.165, 1.54) is 10.9 Å². The summed E-state index contributed by atoms with van der Waals surface area (Å²) in [6, 6.07) is 0. The van der Waals surface area contributed by atoms with Gasteiger partial charge in [-0.1, -0.05) is 0 Å². The Bertz CT molecular complexity index is 2080. The molecule has 46 heavy (non-hydrogen) atoms. The van der Waals surface area contributed by atoms with Crippen molar-refractivity contribution in [2.24, 2.45) is 0 Å². The normalized spacial score (nSPS) is 35.6. The Morgan fingerprint density at radius 3 is 2.54 bits per heavy atom. The Kier molecular flexibility index (Phi) is 7.35. The monoisotopic (exact) mass is 718 g/mol. The molecule has 244 valence electrons. The zero-order valence-corrected chi connectivity index (χ0v) is 26.0. The van der Waals surface area contributed by atoms with E-state index >= 15 is 4.39 Å². The minimum absolute atomic E-state index is 0.0170. The molecule has 4 aromatic rings. The third-order valence-electron chi connectivity index (χ3n) is 7.63. The summed E-state index contributed by atoms with van der Waals surface area (Å²) in [4.78, 5) is 55.5. The molecule has 0 spiro atoms. The van der Waals surface area contributed by atoms with Gasteiger partial charge < -0.3 is 45.5 Å². The number of nitrogens with one attached hydrogen (secondary N) is 1. The van der Waals surface area contributed by atoms with Gasteiger partial charge in [0.1, 0.15) is 30.2 Å². The van der Waals surface area contributed by atoms with Gasteiger partial charge in [0.2, 0.25) is 5.95 Å². The number of aliphatic hydroxyl groups is 2. The van der Waals surface area contributed by atoms with Gasteiger partial charge in [0.15, 0.2) is 60.1 Å². The van der Waals surface area contributed by atoms with Crippen LogP contribution in [0.4, 0.5) is 16.2 Å². The van der Waals surface area contributed by atoms with Crippen LogP contribution >= 0.6 is 13.9 Å². The molecule has 2 saturated heterocycles. The number of terminal acetylenes is 1. The molecule has 0 radical (unpaired) electrons. The maximum Gasteiger partial charge on any atom is 0.328 e. The molecule has 20 nitrogen and oxygen atoms in total.